The summed E-state index contributed by atoms with van der Waals surface area (Å²) in [5.74, 6) is -0.500. The van der Waals surface area contributed by atoms with Crippen LogP contribution in [0.4, 0.5) is 0 Å². The number of carbonyl (C=O) groups is 1. The van der Waals surface area contributed by atoms with E-state index >= 15 is 0 Å². The lowest BCUT2D eigenvalue weighted by Gasteiger charge is -2.24. The SMILES string of the molecule is CCCCC/C=C\C/C=C\C/C=C\CC(O)C(O)CCCC(=O)OC[C@H](COP(=O)(O)OCC[N+](C)(C)C)O/C=C/CCCCCC/C=C\CCCCCCCC. The first kappa shape index (κ1) is 55.0. The number of nitrogens with zero attached hydrogens (tertiary/aromatic N) is 1. The fraction of sp³-hybridized carbons (Fsp3) is 0.761. The third kappa shape index (κ3) is 40.5. The van der Waals surface area contributed by atoms with Crippen LogP contribution < -0.4 is 0 Å². The number of aliphatic hydroxyl groups excluding tert-OH is 2. The summed E-state index contributed by atoms with van der Waals surface area (Å²) in [6.07, 6.45) is 41.0. The Hall–Kier alpha value is -2.04. The van der Waals surface area contributed by atoms with Crippen molar-refractivity contribution in [3.05, 3.63) is 60.9 Å². The molecule has 0 aromatic rings. The summed E-state index contributed by atoms with van der Waals surface area (Å²) in [6.45, 7) is 4.51. The summed E-state index contributed by atoms with van der Waals surface area (Å²) in [6, 6.07) is 0. The van der Waals surface area contributed by atoms with Crippen molar-refractivity contribution in [3.63, 3.8) is 0 Å². The van der Waals surface area contributed by atoms with Gasteiger partial charge < -0.3 is 29.1 Å². The average molecular weight is 827 g/mol. The number of carbonyl (C=O) groups excluding carboxylic acids is 1. The van der Waals surface area contributed by atoms with Gasteiger partial charge in [0.25, 0.3) is 0 Å². The summed E-state index contributed by atoms with van der Waals surface area (Å²) < 4.78 is 34.5. The maximum absolute atomic E-state index is 12.5. The Bertz CT molecular complexity index is 1130. The zero-order chi connectivity index (χ0) is 42.3. The van der Waals surface area contributed by atoms with E-state index in [1.807, 2.05) is 39.4 Å². The van der Waals surface area contributed by atoms with Crippen LogP contribution in [0.25, 0.3) is 0 Å². The minimum Gasteiger partial charge on any atom is -0.492 e. The van der Waals surface area contributed by atoms with Gasteiger partial charge in [-0.25, -0.2) is 4.57 Å². The van der Waals surface area contributed by atoms with E-state index in [-0.39, 0.29) is 32.7 Å². The molecule has 0 aliphatic rings. The third-order valence-electron chi connectivity index (χ3n) is 9.34. The van der Waals surface area contributed by atoms with Crippen molar-refractivity contribution in [1.29, 1.82) is 0 Å². The molecule has 0 aromatic heterocycles. The van der Waals surface area contributed by atoms with E-state index < -0.39 is 32.1 Å². The lowest BCUT2D eigenvalue weighted by Crippen LogP contribution is -2.37. The van der Waals surface area contributed by atoms with Crippen molar-refractivity contribution in [1.82, 2.24) is 0 Å². The second-order valence-corrected chi connectivity index (χ2v) is 17.5. The predicted octanol–water partition coefficient (Wildman–Crippen LogP) is 11.2. The van der Waals surface area contributed by atoms with Crippen LogP contribution in [0.2, 0.25) is 0 Å². The molecule has 0 radical (unpaired) electrons. The molecule has 0 aliphatic heterocycles. The van der Waals surface area contributed by atoms with E-state index in [9.17, 15) is 24.5 Å². The van der Waals surface area contributed by atoms with Crippen LogP contribution in [0.3, 0.4) is 0 Å². The Morgan fingerprint density at radius 1 is 0.632 bits per heavy atom. The number of hydrogen-bond acceptors (Lipinski definition) is 8. The number of phosphoric ester groups is 1. The van der Waals surface area contributed by atoms with Crippen molar-refractivity contribution in [3.8, 4) is 0 Å². The lowest BCUT2D eigenvalue weighted by atomic mass is 10.0. The molecule has 4 atom stereocenters. The van der Waals surface area contributed by atoms with E-state index in [4.69, 9.17) is 18.5 Å². The van der Waals surface area contributed by atoms with E-state index in [2.05, 4.69) is 50.3 Å². The minimum absolute atomic E-state index is 0.0404. The molecule has 332 valence electrons. The van der Waals surface area contributed by atoms with Gasteiger partial charge in [0.05, 0.1) is 46.2 Å². The smallest absolute Gasteiger partial charge is 0.472 e. The van der Waals surface area contributed by atoms with E-state index in [1.54, 1.807) is 0 Å². The molecule has 0 spiro atoms. The van der Waals surface area contributed by atoms with Gasteiger partial charge in [0.1, 0.15) is 19.8 Å². The molecule has 0 aliphatic carbocycles. The Balaban J connectivity index is 4.55. The van der Waals surface area contributed by atoms with Crippen LogP contribution in [-0.2, 0) is 27.9 Å². The summed E-state index contributed by atoms with van der Waals surface area (Å²) in [5, 5.41) is 20.7. The highest BCUT2D eigenvalue weighted by atomic mass is 31.2. The highest BCUT2D eigenvalue weighted by molar-refractivity contribution is 7.47. The van der Waals surface area contributed by atoms with E-state index in [1.165, 1.54) is 83.3 Å². The summed E-state index contributed by atoms with van der Waals surface area (Å²) >= 11 is 0. The largest absolute Gasteiger partial charge is 0.492 e. The molecule has 0 rings (SSSR count). The molecule has 10 nitrogen and oxygen atoms in total. The average Bonchev–Trinajstić information content (AvgIpc) is 3.16. The highest BCUT2D eigenvalue weighted by Gasteiger charge is 2.26. The fourth-order valence-corrected chi connectivity index (χ4v) is 6.37. The topological polar surface area (TPSA) is 132 Å². The number of aliphatic hydroxyl groups is 2. The minimum atomic E-state index is -4.34. The normalized spacial score (nSPS) is 15.4. The number of likely N-dealkylation sites (N-methyl/N-ethyl adjacent to an activating group) is 1. The second-order valence-electron chi connectivity index (χ2n) is 16.1. The number of quaternary nitrogens is 1. The quantitative estimate of drug-likeness (QED) is 0.0138. The van der Waals surface area contributed by atoms with Gasteiger partial charge in [0.15, 0.2) is 6.10 Å². The Morgan fingerprint density at radius 2 is 1.14 bits per heavy atom. The van der Waals surface area contributed by atoms with Gasteiger partial charge in [-0.3, -0.25) is 13.8 Å². The molecule has 0 amide bonds. The number of hydrogen-bond donors (Lipinski definition) is 3. The first-order valence-electron chi connectivity index (χ1n) is 22.2. The van der Waals surface area contributed by atoms with Gasteiger partial charge in [0.2, 0.25) is 0 Å². The van der Waals surface area contributed by atoms with Gasteiger partial charge in [0, 0.05) is 6.42 Å². The van der Waals surface area contributed by atoms with Crippen LogP contribution in [0.15, 0.2) is 60.9 Å². The fourth-order valence-electron chi connectivity index (χ4n) is 5.63. The molecule has 0 heterocycles. The molecule has 0 saturated heterocycles. The number of ether oxygens (including phenoxy) is 2. The molecule has 0 saturated carbocycles. The zero-order valence-electron chi connectivity index (χ0n) is 36.8. The van der Waals surface area contributed by atoms with Crippen LogP contribution in [0.1, 0.15) is 162 Å². The van der Waals surface area contributed by atoms with E-state index in [0.717, 1.165) is 44.9 Å². The molecule has 0 aromatic carbocycles. The van der Waals surface area contributed by atoms with Crippen molar-refractivity contribution >= 4 is 13.8 Å². The monoisotopic (exact) mass is 827 g/mol. The van der Waals surface area contributed by atoms with Gasteiger partial charge >= 0.3 is 13.8 Å². The van der Waals surface area contributed by atoms with Gasteiger partial charge in [-0.2, -0.15) is 0 Å². The van der Waals surface area contributed by atoms with Crippen molar-refractivity contribution in [2.75, 3.05) is 47.5 Å². The first-order chi connectivity index (χ1) is 27.4. The molecular formula is C46H85NO9P+. The predicted molar refractivity (Wildman–Crippen MR) is 236 cm³/mol. The second kappa shape index (κ2) is 38.2. The standard InChI is InChI=1S/C46H84NO9P/c1-6-8-10-12-14-16-18-20-21-22-23-25-27-29-31-33-39-53-43(42-56-57(51,52)55-40-38-47(3,4)5)41-54-46(50)37-34-36-45(49)44(48)35-32-30-28-26-24-19-17-15-13-11-9-7-2/h15,17,20-21,24,26,30,32-33,39,43-45,48-49H,6-14,16,18-19,22-23,25,27-29,31,34-38,40-42H2,1-5H3/p+1/b17-15-,21-20-,26-24-,32-30-,39-33+/t43-,44?,45?/m1/s1. The zero-order valence-corrected chi connectivity index (χ0v) is 37.7. The number of phosphoric acid groups is 1. The van der Waals surface area contributed by atoms with Gasteiger partial charge in [-0.15, -0.1) is 0 Å². The van der Waals surface area contributed by atoms with Gasteiger partial charge in [-0.1, -0.05) is 120 Å². The Morgan fingerprint density at radius 3 is 1.75 bits per heavy atom. The summed E-state index contributed by atoms with van der Waals surface area (Å²) in [4.78, 5) is 22.7. The Kier molecular flexibility index (Phi) is 36.8. The lowest BCUT2D eigenvalue weighted by molar-refractivity contribution is -0.870. The first-order valence-corrected chi connectivity index (χ1v) is 23.7. The van der Waals surface area contributed by atoms with Crippen LogP contribution in [-0.4, -0.2) is 91.4 Å². The molecular weight excluding hydrogens is 741 g/mol. The molecule has 0 fully saturated rings. The van der Waals surface area contributed by atoms with Crippen LogP contribution in [0, 0.1) is 0 Å². The van der Waals surface area contributed by atoms with Crippen molar-refractivity contribution in [2.24, 2.45) is 0 Å². The highest BCUT2D eigenvalue weighted by Crippen LogP contribution is 2.43. The van der Waals surface area contributed by atoms with Crippen molar-refractivity contribution < 1.29 is 47.5 Å². The van der Waals surface area contributed by atoms with Crippen LogP contribution in [0.5, 0.6) is 0 Å². The molecule has 0 bridgehead atoms. The van der Waals surface area contributed by atoms with Crippen molar-refractivity contribution in [2.45, 2.75) is 180 Å². The third-order valence-corrected chi connectivity index (χ3v) is 10.3. The summed E-state index contributed by atoms with van der Waals surface area (Å²) in [5.41, 5.74) is 0. The number of allylic oxidation sites excluding steroid dienone is 8. The van der Waals surface area contributed by atoms with Crippen LogP contribution >= 0.6 is 7.82 Å². The molecule has 3 unspecified atom stereocenters. The molecule has 3 N–H and O–H groups in total. The number of esters is 1. The summed E-state index contributed by atoms with van der Waals surface area (Å²) in [7, 11) is 1.51. The van der Waals surface area contributed by atoms with E-state index in [0.29, 0.717) is 23.9 Å². The number of unbranched alkanes of at least 4 members (excludes halogenated alkanes) is 14. The molecule has 11 heteroatoms. The Labute approximate surface area is 348 Å². The molecule has 57 heavy (non-hydrogen) atoms. The maximum atomic E-state index is 12.5. The van der Waals surface area contributed by atoms with Gasteiger partial charge in [-0.05, 0) is 89.5 Å². The maximum Gasteiger partial charge on any atom is 0.472 e. The number of rotatable bonds is 40.